The highest BCUT2D eigenvalue weighted by atomic mass is 19.1. The molecular weight excluding hydrogens is 327 g/mol. The van der Waals surface area contributed by atoms with E-state index in [1.54, 1.807) is 19.9 Å². The zero-order chi connectivity index (χ0) is 18.1. The van der Waals surface area contributed by atoms with Crippen molar-refractivity contribution in [2.75, 3.05) is 0 Å². The van der Waals surface area contributed by atoms with Crippen LogP contribution < -0.4 is 0 Å². The van der Waals surface area contributed by atoms with Crippen molar-refractivity contribution < 1.29 is 8.81 Å². The molecule has 4 rings (SSSR count). The lowest BCUT2D eigenvalue weighted by Crippen LogP contribution is -2.03. The van der Waals surface area contributed by atoms with Gasteiger partial charge in [0.15, 0.2) is 17.3 Å². The van der Waals surface area contributed by atoms with Gasteiger partial charge >= 0.3 is 0 Å². The summed E-state index contributed by atoms with van der Waals surface area (Å²) >= 11 is 0. The topological polar surface area (TPSA) is 38.4 Å². The van der Waals surface area contributed by atoms with Gasteiger partial charge in [0, 0.05) is 29.7 Å². The van der Waals surface area contributed by atoms with E-state index in [4.69, 9.17) is 4.42 Å². The number of aryl methyl sites for hydroxylation is 2. The summed E-state index contributed by atoms with van der Waals surface area (Å²) in [6.07, 6.45) is 0. The molecule has 3 aromatic carbocycles. The number of rotatable bonds is 3. The lowest BCUT2D eigenvalue weighted by atomic mass is 10.0. The standard InChI is InChI=1S/C22H17FN2O/c1-14-20(23)18(13-19-21(14)24-15(2)26-19)25-22(16-9-5-3-6-10-16)17-11-7-4-8-12-17/h3-13H,1-2H3. The first-order valence-corrected chi connectivity index (χ1v) is 8.39. The number of hydrogen-bond donors (Lipinski definition) is 0. The van der Waals surface area contributed by atoms with E-state index in [9.17, 15) is 4.39 Å². The van der Waals surface area contributed by atoms with Crippen molar-refractivity contribution in [2.45, 2.75) is 13.8 Å². The second-order valence-electron chi connectivity index (χ2n) is 6.11. The number of benzene rings is 3. The third kappa shape index (κ3) is 2.90. The lowest BCUT2D eigenvalue weighted by molar-refractivity contribution is 0.560. The van der Waals surface area contributed by atoms with Crippen LogP contribution in [0.15, 0.2) is 76.1 Å². The van der Waals surface area contributed by atoms with Crippen LogP contribution in [0.25, 0.3) is 11.1 Å². The second kappa shape index (κ2) is 6.56. The maximum Gasteiger partial charge on any atom is 0.192 e. The molecule has 0 saturated heterocycles. The van der Waals surface area contributed by atoms with Gasteiger partial charge in [0.25, 0.3) is 0 Å². The Hall–Kier alpha value is -3.27. The predicted molar refractivity (Wildman–Crippen MR) is 102 cm³/mol. The van der Waals surface area contributed by atoms with Gasteiger partial charge in [-0.25, -0.2) is 14.4 Å². The van der Waals surface area contributed by atoms with Gasteiger partial charge in [0.2, 0.25) is 0 Å². The maximum atomic E-state index is 14.9. The normalized spacial score (nSPS) is 10.9. The third-order valence-electron chi connectivity index (χ3n) is 4.26. The van der Waals surface area contributed by atoms with Gasteiger partial charge < -0.3 is 4.42 Å². The quantitative estimate of drug-likeness (QED) is 0.444. The van der Waals surface area contributed by atoms with Gasteiger partial charge in [-0.3, -0.25) is 0 Å². The average molecular weight is 344 g/mol. The van der Waals surface area contributed by atoms with Crippen molar-refractivity contribution in [1.82, 2.24) is 4.98 Å². The molecule has 0 aliphatic carbocycles. The smallest absolute Gasteiger partial charge is 0.192 e. The van der Waals surface area contributed by atoms with Crippen LogP contribution >= 0.6 is 0 Å². The summed E-state index contributed by atoms with van der Waals surface area (Å²) in [6, 6.07) is 21.1. The highest BCUT2D eigenvalue weighted by molar-refractivity contribution is 6.14. The number of aromatic nitrogens is 1. The van der Waals surface area contributed by atoms with E-state index in [0.29, 0.717) is 28.3 Å². The Morgan fingerprint density at radius 1 is 0.923 bits per heavy atom. The summed E-state index contributed by atoms with van der Waals surface area (Å²) in [4.78, 5) is 8.93. The molecular formula is C22H17FN2O. The Kier molecular flexibility index (Phi) is 4.09. The summed E-state index contributed by atoms with van der Waals surface area (Å²) < 4.78 is 20.5. The fraction of sp³-hybridized carbons (Fsp3) is 0.0909. The molecule has 0 saturated carbocycles. The van der Waals surface area contributed by atoms with Crippen LogP contribution in [0.3, 0.4) is 0 Å². The summed E-state index contributed by atoms with van der Waals surface area (Å²) in [6.45, 7) is 3.45. The molecule has 0 fully saturated rings. The van der Waals surface area contributed by atoms with Crippen LogP contribution in [0, 0.1) is 19.7 Å². The second-order valence-corrected chi connectivity index (χ2v) is 6.11. The van der Waals surface area contributed by atoms with E-state index in [0.717, 1.165) is 11.1 Å². The Labute approximate surface area is 150 Å². The fourth-order valence-corrected chi connectivity index (χ4v) is 2.98. The fourth-order valence-electron chi connectivity index (χ4n) is 2.98. The molecule has 128 valence electrons. The van der Waals surface area contributed by atoms with Crippen molar-refractivity contribution >= 4 is 22.5 Å². The molecule has 0 aliphatic rings. The largest absolute Gasteiger partial charge is 0.441 e. The zero-order valence-corrected chi connectivity index (χ0v) is 14.5. The minimum Gasteiger partial charge on any atom is -0.441 e. The lowest BCUT2D eigenvalue weighted by Gasteiger charge is -2.09. The number of nitrogens with zero attached hydrogens (tertiary/aromatic N) is 2. The predicted octanol–water partition coefficient (Wildman–Crippen LogP) is 5.75. The van der Waals surface area contributed by atoms with Crippen LogP contribution in [0.4, 0.5) is 10.1 Å². The molecule has 0 radical (unpaired) electrons. The van der Waals surface area contributed by atoms with Crippen molar-refractivity contribution in [1.29, 1.82) is 0 Å². The van der Waals surface area contributed by atoms with Gasteiger partial charge in [0.05, 0.1) is 5.71 Å². The van der Waals surface area contributed by atoms with Crippen molar-refractivity contribution in [3.05, 3.63) is 95.1 Å². The van der Waals surface area contributed by atoms with E-state index >= 15 is 0 Å². The molecule has 0 aliphatic heterocycles. The van der Waals surface area contributed by atoms with E-state index < -0.39 is 0 Å². The summed E-state index contributed by atoms with van der Waals surface area (Å²) in [5, 5.41) is 0. The Morgan fingerprint density at radius 2 is 1.50 bits per heavy atom. The van der Waals surface area contributed by atoms with Crippen LogP contribution in [-0.4, -0.2) is 10.7 Å². The van der Waals surface area contributed by atoms with Gasteiger partial charge in [-0.05, 0) is 6.92 Å². The van der Waals surface area contributed by atoms with Crippen LogP contribution in [-0.2, 0) is 0 Å². The molecule has 0 unspecified atom stereocenters. The Balaban J connectivity index is 1.96. The van der Waals surface area contributed by atoms with E-state index in [2.05, 4.69) is 9.98 Å². The SMILES string of the molecule is Cc1nc2c(C)c(F)c(N=C(c3ccccc3)c3ccccc3)cc2o1. The van der Waals surface area contributed by atoms with E-state index in [1.807, 2.05) is 60.7 Å². The molecule has 3 nitrogen and oxygen atoms in total. The van der Waals surface area contributed by atoms with Crippen LogP contribution in [0.5, 0.6) is 0 Å². The number of oxazole rings is 1. The summed E-state index contributed by atoms with van der Waals surface area (Å²) in [7, 11) is 0. The molecule has 26 heavy (non-hydrogen) atoms. The van der Waals surface area contributed by atoms with Crippen molar-refractivity contribution in [2.24, 2.45) is 4.99 Å². The first kappa shape index (κ1) is 16.2. The highest BCUT2D eigenvalue weighted by Crippen LogP contribution is 2.31. The molecule has 4 heteroatoms. The van der Waals surface area contributed by atoms with E-state index in [-0.39, 0.29) is 11.5 Å². The number of aliphatic imine (C=N–C) groups is 1. The first-order chi connectivity index (χ1) is 12.6. The Morgan fingerprint density at radius 3 is 2.08 bits per heavy atom. The molecule has 0 bridgehead atoms. The van der Waals surface area contributed by atoms with Gasteiger partial charge in [-0.2, -0.15) is 0 Å². The van der Waals surface area contributed by atoms with Gasteiger partial charge in [-0.1, -0.05) is 60.7 Å². The molecule has 4 aromatic rings. The summed E-state index contributed by atoms with van der Waals surface area (Å²) in [5.41, 5.74) is 4.32. The molecule has 0 atom stereocenters. The number of fused-ring (bicyclic) bond motifs is 1. The highest BCUT2D eigenvalue weighted by Gasteiger charge is 2.16. The average Bonchev–Trinajstić information content (AvgIpc) is 3.05. The Bertz CT molecular complexity index is 1060. The number of hydrogen-bond acceptors (Lipinski definition) is 3. The third-order valence-corrected chi connectivity index (χ3v) is 4.26. The van der Waals surface area contributed by atoms with Crippen LogP contribution in [0.2, 0.25) is 0 Å². The molecule has 1 heterocycles. The van der Waals surface area contributed by atoms with Crippen LogP contribution in [0.1, 0.15) is 22.6 Å². The maximum absolute atomic E-state index is 14.9. The number of halogens is 1. The molecule has 0 amide bonds. The first-order valence-electron chi connectivity index (χ1n) is 8.39. The van der Waals surface area contributed by atoms with Gasteiger partial charge in [-0.15, -0.1) is 0 Å². The molecule has 0 N–H and O–H groups in total. The summed E-state index contributed by atoms with van der Waals surface area (Å²) in [5.74, 6) is 0.130. The minimum atomic E-state index is -0.379. The minimum absolute atomic E-state index is 0.244. The zero-order valence-electron chi connectivity index (χ0n) is 14.5. The molecule has 0 spiro atoms. The monoisotopic (exact) mass is 344 g/mol. The van der Waals surface area contributed by atoms with E-state index in [1.165, 1.54) is 0 Å². The van der Waals surface area contributed by atoms with Gasteiger partial charge in [0.1, 0.15) is 11.2 Å². The molecule has 1 aromatic heterocycles. The van der Waals surface area contributed by atoms with Crippen molar-refractivity contribution in [3.63, 3.8) is 0 Å². The van der Waals surface area contributed by atoms with Crippen molar-refractivity contribution in [3.8, 4) is 0 Å².